The molecule has 0 aromatic heterocycles. The topological polar surface area (TPSA) is 23.8 Å². The van der Waals surface area contributed by atoms with Gasteiger partial charge in [-0.05, 0) is 136 Å². The Balaban J connectivity index is 0.000000174. The highest BCUT2D eigenvalue weighted by atomic mass is 19.1. The highest BCUT2D eigenvalue weighted by Crippen LogP contribution is 2.48. The van der Waals surface area contributed by atoms with E-state index in [0.29, 0.717) is 5.56 Å². The molecule has 388 valence electrons. The van der Waals surface area contributed by atoms with Gasteiger partial charge in [0.2, 0.25) is 0 Å². The Kier molecular flexibility index (Phi) is 20.6. The molecule has 0 saturated heterocycles. The van der Waals surface area contributed by atoms with E-state index in [1.54, 1.807) is 12.1 Å². The third-order valence-corrected chi connectivity index (χ3v) is 12.6. The second-order valence-electron chi connectivity index (χ2n) is 19.7. The van der Waals surface area contributed by atoms with E-state index in [4.69, 9.17) is 12.1 Å². The Morgan fingerprint density at radius 3 is 1.36 bits per heavy atom. The lowest BCUT2D eigenvalue weighted by Crippen LogP contribution is -2.14. The van der Waals surface area contributed by atoms with Crippen LogP contribution in [0.3, 0.4) is 0 Å². The molecule has 0 amide bonds. The molecule has 77 heavy (non-hydrogen) atoms. The molecule has 12 rings (SSSR count). The van der Waals surface area contributed by atoms with Crippen molar-refractivity contribution in [2.75, 3.05) is 0 Å². The minimum atomic E-state index is -0.337. The van der Waals surface area contributed by atoms with Crippen LogP contribution in [0.5, 0.6) is 0 Å². The summed E-state index contributed by atoms with van der Waals surface area (Å²) in [5, 5.41) is 13.7. The predicted octanol–water partition coefficient (Wildman–Crippen LogP) is 20.9. The van der Waals surface area contributed by atoms with Gasteiger partial charge in [-0.25, -0.2) is 4.39 Å². The Morgan fingerprint density at radius 1 is 0.364 bits per heavy atom. The summed E-state index contributed by atoms with van der Waals surface area (Å²) in [6.45, 7) is 22.8. The van der Waals surface area contributed by atoms with Gasteiger partial charge in [-0.15, -0.1) is 0 Å². The zero-order valence-corrected chi connectivity index (χ0v) is 46.8. The first-order valence-electron chi connectivity index (χ1n) is 28.5. The average Bonchev–Trinajstić information content (AvgIpc) is 3.94. The minimum absolute atomic E-state index is 0.124. The smallest absolute Gasteiger partial charge is 0.123 e. The van der Waals surface area contributed by atoms with Gasteiger partial charge in [0.05, 0.1) is 18.5 Å². The molecule has 0 heterocycles. The van der Waals surface area contributed by atoms with E-state index < -0.39 is 0 Å². The molecule has 0 aliphatic heterocycles. The maximum Gasteiger partial charge on any atom is 0.123 e. The molecule has 0 N–H and O–H groups in total. The number of nitrogens with zero attached hydrogens (tertiary/aromatic N) is 1. The molecule has 11 aromatic carbocycles. The number of halogens is 1. The largest absolute Gasteiger partial charge is 0.207 e. The summed E-state index contributed by atoms with van der Waals surface area (Å²) < 4.78 is 48.4. The minimum Gasteiger partial charge on any atom is -0.207 e. The predicted molar refractivity (Wildman–Crippen MR) is 331 cm³/mol. The third-order valence-electron chi connectivity index (χ3n) is 12.6. The second-order valence-corrected chi connectivity index (χ2v) is 19.7. The molecule has 0 radical (unpaired) electrons. The normalized spacial score (nSPS) is 11.6. The first-order chi connectivity index (χ1) is 39.1. The molecular formula is C75H76FN. The first-order valence-corrected chi connectivity index (χ1v) is 26.0. The summed E-state index contributed by atoms with van der Waals surface area (Å²) in [7, 11) is 0. The molecule has 0 saturated carbocycles. The van der Waals surface area contributed by atoms with Crippen molar-refractivity contribution in [1.29, 1.82) is 5.26 Å². The standard InChI is InChI=1S/C16H16.2C11H10.C8H7N.C8H10.C7H7F.2C7H8/c1-11-8-9-13-12-6-4-5-7-14(12)16(2,3)15(13)10-11;1-9-5-4-7-10-6-2-3-8-11(9)10;1-9-6-7-10-4-2-3-5-11(10)8-9;1-7-2-4-8(6-9)5-3-7;1-7-3-5-8(2)6-4-7;1-6-2-4-7(8)5-3-6;2*1-7-5-3-2-4-6-7/h4-10H,1-3H3;2*2-8H,1H3;2-5H,1H3;3-6H,1-2H3;2-5H,1H3;2*2-6H,1H3/i;;;;;;2D,3D,4D,5D,6D;. The molecule has 0 unspecified atom stereocenters. The van der Waals surface area contributed by atoms with E-state index in [-0.39, 0.29) is 41.4 Å². The molecule has 0 spiro atoms. The first kappa shape index (κ1) is 51.8. The van der Waals surface area contributed by atoms with Crippen LogP contribution in [0.4, 0.5) is 4.39 Å². The summed E-state index contributed by atoms with van der Waals surface area (Å²) in [4.78, 5) is 0. The zero-order valence-electron chi connectivity index (χ0n) is 51.8. The van der Waals surface area contributed by atoms with Gasteiger partial charge in [0.15, 0.2) is 0 Å². The molecule has 0 bridgehead atoms. The van der Waals surface area contributed by atoms with Gasteiger partial charge in [0, 0.05) is 5.41 Å². The highest BCUT2D eigenvalue weighted by molar-refractivity contribution is 5.85. The number of aryl methyl sites for hydroxylation is 8. The quantitative estimate of drug-likeness (QED) is 0.148. The van der Waals surface area contributed by atoms with Gasteiger partial charge in [-0.2, -0.15) is 5.26 Å². The molecular weight excluding hydrogens is 934 g/mol. The molecule has 0 atom stereocenters. The van der Waals surface area contributed by atoms with Crippen molar-refractivity contribution in [2.24, 2.45) is 0 Å². The number of fused-ring (bicyclic) bond motifs is 5. The summed E-state index contributed by atoms with van der Waals surface area (Å²) in [6.07, 6.45) is 0. The van der Waals surface area contributed by atoms with Gasteiger partial charge < -0.3 is 0 Å². The SMILES string of the molecule is Cc1ccc(C#N)cc1.Cc1ccc(C)cc1.Cc1ccc(F)cc1.Cc1ccc2c(c1)C(C)(C)c1ccccc1-2.Cc1ccc2ccccc2c1.Cc1cccc2ccccc12.Cc1ccccc1.[2H]c1c([2H])c([2H])c(C)c([2H])c1[2H]. The van der Waals surface area contributed by atoms with Gasteiger partial charge in [0.25, 0.3) is 0 Å². The van der Waals surface area contributed by atoms with Crippen molar-refractivity contribution in [3.05, 3.63) is 333 Å². The van der Waals surface area contributed by atoms with Crippen LogP contribution in [0.2, 0.25) is 0 Å². The van der Waals surface area contributed by atoms with Crippen LogP contribution in [-0.4, -0.2) is 0 Å². The summed E-state index contributed by atoms with van der Waals surface area (Å²) in [6, 6.07) is 78.9. The monoisotopic (exact) mass is 1010 g/mol. The van der Waals surface area contributed by atoms with Crippen LogP contribution in [0.15, 0.2) is 261 Å². The van der Waals surface area contributed by atoms with E-state index in [1.165, 1.54) is 102 Å². The second kappa shape index (κ2) is 30.7. The Hall–Kier alpha value is -8.64. The van der Waals surface area contributed by atoms with E-state index in [1.807, 2.05) is 56.3 Å². The van der Waals surface area contributed by atoms with Crippen molar-refractivity contribution in [3.63, 3.8) is 0 Å². The summed E-state index contributed by atoms with van der Waals surface area (Å²) >= 11 is 0. The van der Waals surface area contributed by atoms with Crippen molar-refractivity contribution in [2.45, 2.75) is 81.6 Å². The van der Waals surface area contributed by atoms with Crippen molar-refractivity contribution < 1.29 is 11.2 Å². The van der Waals surface area contributed by atoms with E-state index in [0.717, 1.165) is 11.1 Å². The fourth-order valence-corrected chi connectivity index (χ4v) is 8.16. The summed E-state index contributed by atoms with van der Waals surface area (Å²) in [5.74, 6) is -0.171. The lowest BCUT2D eigenvalue weighted by molar-refractivity contribution is 0.627. The van der Waals surface area contributed by atoms with Crippen LogP contribution in [-0.2, 0) is 5.41 Å². The van der Waals surface area contributed by atoms with Gasteiger partial charge in [-0.3, -0.25) is 0 Å². The summed E-state index contributed by atoms with van der Waals surface area (Å²) in [5.41, 5.74) is 17.2. The van der Waals surface area contributed by atoms with Crippen molar-refractivity contribution in [3.8, 4) is 17.2 Å². The van der Waals surface area contributed by atoms with Gasteiger partial charge >= 0.3 is 0 Å². The van der Waals surface area contributed by atoms with Crippen LogP contribution in [0.25, 0.3) is 32.7 Å². The molecule has 1 aliphatic rings. The fourth-order valence-electron chi connectivity index (χ4n) is 8.16. The Morgan fingerprint density at radius 2 is 0.805 bits per heavy atom. The van der Waals surface area contributed by atoms with Gasteiger partial charge in [0.1, 0.15) is 5.82 Å². The third kappa shape index (κ3) is 19.9. The lowest BCUT2D eigenvalue weighted by Gasteiger charge is -2.21. The van der Waals surface area contributed by atoms with Crippen LogP contribution in [0.1, 0.15) is 87.5 Å². The molecule has 1 aliphatic carbocycles. The Bertz CT molecular complexity index is 3620. The average molecular weight is 1020 g/mol. The van der Waals surface area contributed by atoms with E-state index in [9.17, 15) is 4.39 Å². The number of rotatable bonds is 0. The fraction of sp³-hybridized carbons (Fsp3) is 0.160. The molecule has 2 heteroatoms. The number of benzene rings is 11. The zero-order chi connectivity index (χ0) is 59.9. The number of hydrogen-bond acceptors (Lipinski definition) is 1. The van der Waals surface area contributed by atoms with Gasteiger partial charge in [-0.1, -0.05) is 295 Å². The highest BCUT2D eigenvalue weighted by Gasteiger charge is 2.34. The lowest BCUT2D eigenvalue weighted by atomic mass is 9.82. The maximum atomic E-state index is 12.1. The molecule has 11 aromatic rings. The van der Waals surface area contributed by atoms with E-state index in [2.05, 4.69) is 225 Å². The molecule has 1 nitrogen and oxygen atoms in total. The van der Waals surface area contributed by atoms with Crippen molar-refractivity contribution >= 4 is 21.5 Å². The van der Waals surface area contributed by atoms with Crippen LogP contribution >= 0.6 is 0 Å². The number of hydrogen-bond donors (Lipinski definition) is 0. The van der Waals surface area contributed by atoms with Crippen molar-refractivity contribution in [1.82, 2.24) is 0 Å². The Labute approximate surface area is 468 Å². The van der Waals surface area contributed by atoms with E-state index >= 15 is 0 Å². The molecule has 0 fully saturated rings. The maximum absolute atomic E-state index is 12.1. The number of nitriles is 1. The van der Waals surface area contributed by atoms with Crippen LogP contribution < -0.4 is 0 Å². The van der Waals surface area contributed by atoms with Crippen LogP contribution in [0, 0.1) is 79.5 Å².